The summed E-state index contributed by atoms with van der Waals surface area (Å²) in [6.07, 6.45) is 5.46. The van der Waals surface area contributed by atoms with Crippen molar-refractivity contribution in [3.63, 3.8) is 0 Å². The van der Waals surface area contributed by atoms with E-state index in [-0.39, 0.29) is 0 Å². The van der Waals surface area contributed by atoms with Gasteiger partial charge in [0.15, 0.2) is 0 Å². The van der Waals surface area contributed by atoms with E-state index in [1.807, 2.05) is 0 Å². The molecule has 3 nitrogen and oxygen atoms in total. The fourth-order valence-corrected chi connectivity index (χ4v) is 1.61. The largest absolute Gasteiger partial charge is 0.377 e. The molecule has 1 unspecified atom stereocenters. The molecule has 1 heterocycles. The van der Waals surface area contributed by atoms with Gasteiger partial charge in [-0.15, -0.1) is 0 Å². The van der Waals surface area contributed by atoms with Crippen molar-refractivity contribution in [2.24, 2.45) is 0 Å². The van der Waals surface area contributed by atoms with Gasteiger partial charge in [-0.25, -0.2) is 0 Å². The highest BCUT2D eigenvalue weighted by molar-refractivity contribution is 4.80. The van der Waals surface area contributed by atoms with Gasteiger partial charge in [0.1, 0.15) is 0 Å². The molecular weight excluding hydrogens is 166 g/mol. The van der Waals surface area contributed by atoms with Gasteiger partial charge in [-0.05, 0) is 25.7 Å². The molecule has 76 valence electrons. The van der Waals surface area contributed by atoms with Crippen molar-refractivity contribution in [1.29, 1.82) is 0 Å². The summed E-state index contributed by atoms with van der Waals surface area (Å²) >= 11 is 0. The summed E-state index contributed by atoms with van der Waals surface area (Å²) in [5.41, 5.74) is 0. The normalized spacial score (nSPS) is 28.2. The van der Waals surface area contributed by atoms with E-state index in [4.69, 9.17) is 9.47 Å². The van der Waals surface area contributed by atoms with Gasteiger partial charge < -0.3 is 14.8 Å². The van der Waals surface area contributed by atoms with Gasteiger partial charge in [-0.3, -0.25) is 0 Å². The van der Waals surface area contributed by atoms with E-state index in [0.717, 1.165) is 32.4 Å². The molecule has 3 heteroatoms. The summed E-state index contributed by atoms with van der Waals surface area (Å²) in [7, 11) is 0. The van der Waals surface area contributed by atoms with E-state index in [0.29, 0.717) is 6.10 Å². The molecule has 0 amide bonds. The molecule has 13 heavy (non-hydrogen) atoms. The van der Waals surface area contributed by atoms with Crippen molar-refractivity contribution in [3.05, 3.63) is 0 Å². The monoisotopic (exact) mass is 185 g/mol. The average Bonchev–Trinajstić information content (AvgIpc) is 2.81. The van der Waals surface area contributed by atoms with Gasteiger partial charge in [0, 0.05) is 19.2 Å². The predicted molar refractivity (Wildman–Crippen MR) is 50.8 cm³/mol. The van der Waals surface area contributed by atoms with Crippen LogP contribution < -0.4 is 5.32 Å². The Balaban J connectivity index is 1.39. The minimum atomic E-state index is 0.376. The summed E-state index contributed by atoms with van der Waals surface area (Å²) in [6, 6.07) is 0.798. The molecule has 1 atom stereocenters. The van der Waals surface area contributed by atoms with Crippen LogP contribution >= 0.6 is 0 Å². The second-order valence-electron chi connectivity index (χ2n) is 3.94. The summed E-state index contributed by atoms with van der Waals surface area (Å²) < 4.78 is 11.0. The molecule has 1 aliphatic heterocycles. The highest BCUT2D eigenvalue weighted by atomic mass is 16.5. The highest BCUT2D eigenvalue weighted by Crippen LogP contribution is 2.18. The molecule has 0 aromatic rings. The van der Waals surface area contributed by atoms with Gasteiger partial charge in [0.05, 0.1) is 19.3 Å². The maximum Gasteiger partial charge on any atom is 0.0809 e. The maximum atomic E-state index is 5.51. The molecule has 0 spiro atoms. The number of hydrogen-bond donors (Lipinski definition) is 1. The summed E-state index contributed by atoms with van der Waals surface area (Å²) in [4.78, 5) is 0. The Kier molecular flexibility index (Phi) is 3.58. The third kappa shape index (κ3) is 3.63. The molecule has 2 fully saturated rings. The third-order valence-electron chi connectivity index (χ3n) is 2.58. The van der Waals surface area contributed by atoms with Gasteiger partial charge in [0.2, 0.25) is 0 Å². The first-order valence-corrected chi connectivity index (χ1v) is 5.38. The summed E-state index contributed by atoms with van der Waals surface area (Å²) in [6.45, 7) is 3.54. The lowest BCUT2D eigenvalue weighted by Crippen LogP contribution is -2.24. The number of nitrogens with one attached hydrogen (secondary N) is 1. The molecule has 2 rings (SSSR count). The van der Waals surface area contributed by atoms with Crippen molar-refractivity contribution < 1.29 is 9.47 Å². The zero-order chi connectivity index (χ0) is 8.93. The topological polar surface area (TPSA) is 30.5 Å². The molecule has 0 aromatic carbocycles. The molecular formula is C10H19NO2. The minimum Gasteiger partial charge on any atom is -0.377 e. The lowest BCUT2D eigenvalue weighted by molar-refractivity contribution is 0.0183. The van der Waals surface area contributed by atoms with Crippen LogP contribution in [0.25, 0.3) is 0 Å². The zero-order valence-corrected chi connectivity index (χ0v) is 8.13. The van der Waals surface area contributed by atoms with E-state index in [2.05, 4.69) is 5.32 Å². The van der Waals surface area contributed by atoms with Crippen molar-refractivity contribution in [3.8, 4) is 0 Å². The van der Waals surface area contributed by atoms with E-state index in [9.17, 15) is 0 Å². The van der Waals surface area contributed by atoms with Crippen LogP contribution in [0.2, 0.25) is 0 Å². The van der Waals surface area contributed by atoms with Crippen molar-refractivity contribution in [2.75, 3.05) is 26.4 Å². The Bertz CT molecular complexity index is 142. The van der Waals surface area contributed by atoms with Gasteiger partial charge >= 0.3 is 0 Å². The standard InChI is InChI=1S/C10H19NO2/c1-2-10(13-6-1)8-12-7-5-11-9-3-4-9/h9-11H,1-8H2. The Morgan fingerprint density at radius 2 is 2.23 bits per heavy atom. The molecule has 0 bridgehead atoms. The maximum absolute atomic E-state index is 5.51. The third-order valence-corrected chi connectivity index (χ3v) is 2.58. The average molecular weight is 185 g/mol. The number of rotatable bonds is 6. The number of ether oxygens (including phenoxy) is 2. The fourth-order valence-electron chi connectivity index (χ4n) is 1.61. The van der Waals surface area contributed by atoms with Crippen molar-refractivity contribution in [2.45, 2.75) is 37.8 Å². The molecule has 1 saturated carbocycles. The first-order chi connectivity index (χ1) is 6.45. The minimum absolute atomic E-state index is 0.376. The summed E-state index contributed by atoms with van der Waals surface area (Å²) in [5.74, 6) is 0. The van der Waals surface area contributed by atoms with Crippen LogP contribution in [0.1, 0.15) is 25.7 Å². The second kappa shape index (κ2) is 4.94. The molecule has 1 saturated heterocycles. The van der Waals surface area contributed by atoms with Crippen LogP contribution in [0.15, 0.2) is 0 Å². The Morgan fingerprint density at radius 1 is 1.31 bits per heavy atom. The summed E-state index contributed by atoms with van der Waals surface area (Å²) in [5, 5.41) is 3.42. The lowest BCUT2D eigenvalue weighted by atomic mass is 10.2. The molecule has 2 aliphatic rings. The predicted octanol–water partition coefficient (Wildman–Crippen LogP) is 0.934. The van der Waals surface area contributed by atoms with Gasteiger partial charge in [0.25, 0.3) is 0 Å². The Morgan fingerprint density at radius 3 is 2.92 bits per heavy atom. The van der Waals surface area contributed by atoms with Crippen LogP contribution in [0.5, 0.6) is 0 Å². The number of hydrogen-bond acceptors (Lipinski definition) is 3. The van der Waals surface area contributed by atoms with Crippen LogP contribution in [-0.4, -0.2) is 38.5 Å². The van der Waals surface area contributed by atoms with Crippen LogP contribution in [0.3, 0.4) is 0 Å². The van der Waals surface area contributed by atoms with Crippen LogP contribution in [0.4, 0.5) is 0 Å². The van der Waals surface area contributed by atoms with Crippen LogP contribution in [-0.2, 0) is 9.47 Å². The fraction of sp³-hybridized carbons (Fsp3) is 1.00. The SMILES string of the molecule is C1COC(COCCNC2CC2)C1. The van der Waals surface area contributed by atoms with E-state index >= 15 is 0 Å². The van der Waals surface area contributed by atoms with E-state index < -0.39 is 0 Å². The molecule has 1 aliphatic carbocycles. The van der Waals surface area contributed by atoms with E-state index in [1.54, 1.807) is 0 Å². The highest BCUT2D eigenvalue weighted by Gasteiger charge is 2.19. The molecule has 1 N–H and O–H groups in total. The van der Waals surface area contributed by atoms with E-state index in [1.165, 1.54) is 25.7 Å². The smallest absolute Gasteiger partial charge is 0.0809 e. The Hall–Kier alpha value is -0.120. The zero-order valence-electron chi connectivity index (χ0n) is 8.13. The van der Waals surface area contributed by atoms with Crippen molar-refractivity contribution in [1.82, 2.24) is 5.32 Å². The lowest BCUT2D eigenvalue weighted by Gasteiger charge is -2.10. The van der Waals surface area contributed by atoms with Crippen molar-refractivity contribution >= 4 is 0 Å². The molecule has 0 radical (unpaired) electrons. The second-order valence-corrected chi connectivity index (χ2v) is 3.94. The van der Waals surface area contributed by atoms with Crippen LogP contribution in [0, 0.1) is 0 Å². The van der Waals surface area contributed by atoms with Gasteiger partial charge in [-0.2, -0.15) is 0 Å². The molecule has 0 aromatic heterocycles. The first-order valence-electron chi connectivity index (χ1n) is 5.38. The first kappa shape index (κ1) is 9.44. The quantitative estimate of drug-likeness (QED) is 0.625. The van der Waals surface area contributed by atoms with Gasteiger partial charge in [-0.1, -0.05) is 0 Å². The Labute approximate surface area is 79.8 Å².